The number of alkyl halides is 3. The molecule has 1 heterocycles. The molecule has 0 saturated carbocycles. The van der Waals surface area contributed by atoms with Crippen LogP contribution in [0.4, 0.5) is 13.2 Å². The molecule has 1 N–H and O–H groups in total. The van der Waals surface area contributed by atoms with Gasteiger partial charge < -0.3 is 5.32 Å². The Bertz CT molecular complexity index is 547. The molecule has 0 radical (unpaired) electrons. The highest BCUT2D eigenvalue weighted by Crippen LogP contribution is 2.33. The number of hydrogen-bond acceptors (Lipinski definition) is 2. The maximum Gasteiger partial charge on any atom is 0.389 e. The first-order valence-corrected chi connectivity index (χ1v) is 7.65. The van der Waals surface area contributed by atoms with Gasteiger partial charge in [0.1, 0.15) is 0 Å². The summed E-state index contributed by atoms with van der Waals surface area (Å²) >= 11 is 1.59. The molecule has 0 aliphatic carbocycles. The Morgan fingerprint density at radius 3 is 2.75 bits per heavy atom. The van der Waals surface area contributed by atoms with E-state index in [-0.39, 0.29) is 12.5 Å². The maximum absolute atomic E-state index is 12.5. The molecule has 1 nitrogen and oxygen atoms in total. The van der Waals surface area contributed by atoms with Gasteiger partial charge in [0.05, 0.1) is 0 Å². The lowest BCUT2D eigenvalue weighted by molar-refractivity contribution is -0.136. The topological polar surface area (TPSA) is 12.0 Å². The molecule has 0 bridgehead atoms. The fourth-order valence-electron chi connectivity index (χ4n) is 2.28. The predicted octanol–water partition coefficient (Wildman–Crippen LogP) is 5.28. The van der Waals surface area contributed by atoms with Crippen molar-refractivity contribution in [2.24, 2.45) is 0 Å². The molecule has 0 fully saturated rings. The SMILES string of the molecule is CCCNC(CCC(F)(F)F)c1cccc2ccsc12. The van der Waals surface area contributed by atoms with Crippen LogP contribution in [-0.4, -0.2) is 12.7 Å². The summed E-state index contributed by atoms with van der Waals surface area (Å²) in [6.45, 7) is 2.74. The molecule has 2 aromatic rings. The molecule has 110 valence electrons. The van der Waals surface area contributed by atoms with Crippen LogP contribution in [0.3, 0.4) is 0 Å². The van der Waals surface area contributed by atoms with Crippen molar-refractivity contribution < 1.29 is 13.2 Å². The summed E-state index contributed by atoms with van der Waals surface area (Å²) < 4.78 is 38.5. The lowest BCUT2D eigenvalue weighted by Crippen LogP contribution is -2.24. The number of rotatable bonds is 6. The molecule has 20 heavy (non-hydrogen) atoms. The molecule has 2 rings (SSSR count). The van der Waals surface area contributed by atoms with Crippen molar-refractivity contribution in [3.8, 4) is 0 Å². The van der Waals surface area contributed by atoms with E-state index in [4.69, 9.17) is 0 Å². The summed E-state index contributed by atoms with van der Waals surface area (Å²) in [5.41, 5.74) is 0.982. The number of thiophene rings is 1. The molecule has 5 heteroatoms. The molecule has 1 atom stereocenters. The quantitative estimate of drug-likeness (QED) is 0.765. The average molecular weight is 301 g/mol. The Hall–Kier alpha value is -1.07. The summed E-state index contributed by atoms with van der Waals surface area (Å²) in [6.07, 6.45) is -3.87. The Kier molecular flexibility index (Phi) is 5.05. The van der Waals surface area contributed by atoms with Gasteiger partial charge in [-0.15, -0.1) is 11.3 Å². The van der Waals surface area contributed by atoms with Gasteiger partial charge in [-0.25, -0.2) is 0 Å². The second kappa shape index (κ2) is 6.59. The number of benzene rings is 1. The van der Waals surface area contributed by atoms with Gasteiger partial charge in [0, 0.05) is 17.2 Å². The Morgan fingerprint density at radius 2 is 2.05 bits per heavy atom. The van der Waals surface area contributed by atoms with E-state index in [1.807, 2.05) is 36.6 Å². The van der Waals surface area contributed by atoms with Gasteiger partial charge in [0.25, 0.3) is 0 Å². The van der Waals surface area contributed by atoms with Crippen molar-refractivity contribution in [1.82, 2.24) is 5.32 Å². The van der Waals surface area contributed by atoms with Gasteiger partial charge in [-0.2, -0.15) is 13.2 Å². The van der Waals surface area contributed by atoms with Crippen LogP contribution >= 0.6 is 11.3 Å². The van der Waals surface area contributed by atoms with Crippen LogP contribution in [0.2, 0.25) is 0 Å². The monoisotopic (exact) mass is 301 g/mol. The molecule has 1 aromatic carbocycles. The standard InChI is InChI=1S/C15H18F3NS/c1-2-9-19-13(6-8-15(16,17)18)12-5-3-4-11-7-10-20-14(11)12/h3-5,7,10,13,19H,2,6,8-9H2,1H3. The van der Waals surface area contributed by atoms with Crippen LogP contribution < -0.4 is 5.32 Å². The fraction of sp³-hybridized carbons (Fsp3) is 0.467. The van der Waals surface area contributed by atoms with Gasteiger partial charge in [-0.1, -0.05) is 25.1 Å². The molecule has 0 spiro atoms. The lowest BCUT2D eigenvalue weighted by Gasteiger charge is -2.20. The molecule has 0 aliphatic rings. The van der Waals surface area contributed by atoms with Gasteiger partial charge in [0.15, 0.2) is 0 Å². The first kappa shape index (κ1) is 15.3. The zero-order chi connectivity index (χ0) is 14.6. The maximum atomic E-state index is 12.5. The van der Waals surface area contributed by atoms with Gasteiger partial charge >= 0.3 is 6.18 Å². The summed E-state index contributed by atoms with van der Waals surface area (Å²) in [7, 11) is 0. The second-order valence-corrected chi connectivity index (χ2v) is 5.76. The smallest absolute Gasteiger partial charge is 0.310 e. The van der Waals surface area contributed by atoms with Gasteiger partial charge in [0.2, 0.25) is 0 Å². The second-order valence-electron chi connectivity index (χ2n) is 4.85. The van der Waals surface area contributed by atoms with Gasteiger partial charge in [-0.3, -0.25) is 0 Å². The Balaban J connectivity index is 2.23. The highest BCUT2D eigenvalue weighted by Gasteiger charge is 2.29. The zero-order valence-corrected chi connectivity index (χ0v) is 12.2. The van der Waals surface area contributed by atoms with Crippen molar-refractivity contribution >= 4 is 21.4 Å². The summed E-state index contributed by atoms with van der Waals surface area (Å²) in [4.78, 5) is 0. The minimum Gasteiger partial charge on any atom is -0.310 e. The first-order chi connectivity index (χ1) is 9.51. The minimum absolute atomic E-state index is 0.0838. The van der Waals surface area contributed by atoms with E-state index >= 15 is 0 Å². The highest BCUT2D eigenvalue weighted by atomic mass is 32.1. The molecule has 1 unspecified atom stereocenters. The third-order valence-electron chi connectivity index (χ3n) is 3.24. The van der Waals surface area contributed by atoms with E-state index in [2.05, 4.69) is 5.32 Å². The third kappa shape index (κ3) is 3.96. The largest absolute Gasteiger partial charge is 0.389 e. The van der Waals surface area contributed by atoms with Crippen LogP contribution in [0.15, 0.2) is 29.6 Å². The summed E-state index contributed by atoms with van der Waals surface area (Å²) in [6, 6.07) is 7.61. The predicted molar refractivity (Wildman–Crippen MR) is 78.1 cm³/mol. The van der Waals surface area contributed by atoms with Crippen LogP contribution in [0.5, 0.6) is 0 Å². The molecular weight excluding hydrogens is 283 g/mol. The van der Waals surface area contributed by atoms with E-state index < -0.39 is 12.6 Å². The minimum atomic E-state index is -4.10. The number of hydrogen-bond donors (Lipinski definition) is 1. The zero-order valence-electron chi connectivity index (χ0n) is 11.3. The highest BCUT2D eigenvalue weighted by molar-refractivity contribution is 7.17. The van der Waals surface area contributed by atoms with Crippen LogP contribution in [0, 0.1) is 0 Å². The van der Waals surface area contributed by atoms with Crippen molar-refractivity contribution in [3.63, 3.8) is 0 Å². The van der Waals surface area contributed by atoms with E-state index in [9.17, 15) is 13.2 Å². The molecule has 0 amide bonds. The molecular formula is C15H18F3NS. The lowest BCUT2D eigenvalue weighted by atomic mass is 10.0. The average Bonchev–Trinajstić information content (AvgIpc) is 2.86. The first-order valence-electron chi connectivity index (χ1n) is 6.77. The fourth-order valence-corrected chi connectivity index (χ4v) is 3.25. The molecule has 1 aromatic heterocycles. The van der Waals surface area contributed by atoms with E-state index in [0.29, 0.717) is 0 Å². The Labute approximate surface area is 120 Å². The third-order valence-corrected chi connectivity index (χ3v) is 4.22. The summed E-state index contributed by atoms with van der Waals surface area (Å²) in [5, 5.41) is 6.33. The number of nitrogens with one attached hydrogen (secondary N) is 1. The summed E-state index contributed by atoms with van der Waals surface area (Å²) in [5.74, 6) is 0. The number of fused-ring (bicyclic) bond motifs is 1. The van der Waals surface area contributed by atoms with E-state index in [0.717, 1.165) is 28.6 Å². The number of halogens is 3. The van der Waals surface area contributed by atoms with Crippen molar-refractivity contribution in [2.75, 3.05) is 6.54 Å². The Morgan fingerprint density at radius 1 is 1.25 bits per heavy atom. The van der Waals surface area contributed by atoms with Crippen LogP contribution in [0.25, 0.3) is 10.1 Å². The van der Waals surface area contributed by atoms with Crippen LogP contribution in [-0.2, 0) is 0 Å². The normalized spacial score (nSPS) is 13.8. The van der Waals surface area contributed by atoms with Crippen molar-refractivity contribution in [2.45, 2.75) is 38.4 Å². The van der Waals surface area contributed by atoms with Gasteiger partial charge in [-0.05, 0) is 41.8 Å². The van der Waals surface area contributed by atoms with Crippen LogP contribution in [0.1, 0.15) is 37.8 Å². The van der Waals surface area contributed by atoms with Crippen molar-refractivity contribution in [3.05, 3.63) is 35.2 Å². The van der Waals surface area contributed by atoms with E-state index in [1.54, 1.807) is 11.3 Å². The molecule has 0 saturated heterocycles. The van der Waals surface area contributed by atoms with Crippen molar-refractivity contribution in [1.29, 1.82) is 0 Å². The molecule has 0 aliphatic heterocycles. The van der Waals surface area contributed by atoms with E-state index in [1.165, 1.54) is 0 Å².